The Hall–Kier alpha value is -1.94. The monoisotopic (exact) mass is 214 g/mol. The lowest BCUT2D eigenvalue weighted by atomic mass is 9.82. The number of epoxide rings is 1. The van der Waals surface area contributed by atoms with Crippen LogP contribution < -0.4 is 0 Å². The highest BCUT2D eigenvalue weighted by atomic mass is 16.7. The normalized spacial score (nSPS) is 32.9. The van der Waals surface area contributed by atoms with Gasteiger partial charge in [-0.3, -0.25) is 0 Å². The molecule has 1 aliphatic carbocycles. The molecule has 0 saturated carbocycles. The van der Waals surface area contributed by atoms with E-state index in [1.54, 1.807) is 12.1 Å². The number of rotatable bonds is 0. The van der Waals surface area contributed by atoms with Gasteiger partial charge in [0.05, 0.1) is 5.56 Å². The minimum Gasteiger partial charge on any atom is -0.387 e. The molecular weight excluding hydrogens is 208 g/mol. The maximum atomic E-state index is 11.7. The van der Waals surface area contributed by atoms with Crippen LogP contribution in [0.15, 0.2) is 24.3 Å². The third kappa shape index (κ3) is 0.695. The molecule has 0 N–H and O–H groups in total. The second-order valence-electron chi connectivity index (χ2n) is 4.08. The average molecular weight is 214 g/mol. The SMILES string of the molecule is O=C1OC(=O)C23OC2C=Cc2cccc1c23. The lowest BCUT2D eigenvalue weighted by Crippen LogP contribution is -2.37. The van der Waals surface area contributed by atoms with E-state index in [2.05, 4.69) is 0 Å². The van der Waals surface area contributed by atoms with Crippen LogP contribution in [-0.2, 0) is 19.9 Å². The molecule has 16 heavy (non-hydrogen) atoms. The summed E-state index contributed by atoms with van der Waals surface area (Å²) in [7, 11) is 0. The highest BCUT2D eigenvalue weighted by Crippen LogP contribution is 2.55. The summed E-state index contributed by atoms with van der Waals surface area (Å²) in [6.07, 6.45) is 3.42. The topological polar surface area (TPSA) is 55.9 Å². The zero-order valence-electron chi connectivity index (χ0n) is 8.10. The van der Waals surface area contributed by atoms with E-state index in [1.165, 1.54) is 0 Å². The zero-order valence-corrected chi connectivity index (χ0v) is 8.10. The number of esters is 2. The van der Waals surface area contributed by atoms with E-state index in [0.717, 1.165) is 5.56 Å². The van der Waals surface area contributed by atoms with Crippen molar-refractivity contribution < 1.29 is 19.1 Å². The summed E-state index contributed by atoms with van der Waals surface area (Å²) in [5.74, 6) is -1.18. The summed E-state index contributed by atoms with van der Waals surface area (Å²) in [5, 5.41) is 0. The first-order chi connectivity index (χ1) is 7.73. The van der Waals surface area contributed by atoms with Crippen molar-refractivity contribution in [3.63, 3.8) is 0 Å². The number of carbonyl (C=O) groups is 2. The molecule has 1 spiro atoms. The van der Waals surface area contributed by atoms with E-state index in [-0.39, 0.29) is 6.10 Å². The minimum atomic E-state index is -1.03. The van der Waals surface area contributed by atoms with Crippen molar-refractivity contribution in [3.8, 4) is 0 Å². The molecule has 2 aliphatic heterocycles. The molecule has 78 valence electrons. The number of benzene rings is 1. The van der Waals surface area contributed by atoms with Crippen molar-refractivity contribution in [2.24, 2.45) is 0 Å². The van der Waals surface area contributed by atoms with Gasteiger partial charge in [0.1, 0.15) is 6.10 Å². The molecule has 0 radical (unpaired) electrons. The van der Waals surface area contributed by atoms with Gasteiger partial charge in [0.25, 0.3) is 0 Å². The highest BCUT2D eigenvalue weighted by Gasteiger charge is 2.69. The van der Waals surface area contributed by atoms with Gasteiger partial charge in [-0.1, -0.05) is 24.3 Å². The second kappa shape index (κ2) is 2.25. The fourth-order valence-electron chi connectivity index (χ4n) is 2.51. The van der Waals surface area contributed by atoms with E-state index in [4.69, 9.17) is 9.47 Å². The van der Waals surface area contributed by atoms with Gasteiger partial charge in [-0.2, -0.15) is 0 Å². The Morgan fingerprint density at radius 3 is 3.00 bits per heavy atom. The van der Waals surface area contributed by atoms with Crippen molar-refractivity contribution in [2.45, 2.75) is 11.7 Å². The van der Waals surface area contributed by atoms with Gasteiger partial charge >= 0.3 is 11.9 Å². The molecule has 0 bridgehead atoms. The van der Waals surface area contributed by atoms with Crippen molar-refractivity contribution in [1.82, 2.24) is 0 Å². The van der Waals surface area contributed by atoms with E-state index in [0.29, 0.717) is 11.1 Å². The number of carbonyl (C=O) groups excluding carboxylic acids is 2. The predicted molar refractivity (Wildman–Crippen MR) is 52.4 cm³/mol. The molecule has 2 heterocycles. The van der Waals surface area contributed by atoms with Gasteiger partial charge in [-0.05, 0) is 11.6 Å². The molecule has 1 saturated heterocycles. The van der Waals surface area contributed by atoms with Gasteiger partial charge in [-0.25, -0.2) is 9.59 Å². The van der Waals surface area contributed by atoms with Crippen molar-refractivity contribution in [2.75, 3.05) is 0 Å². The van der Waals surface area contributed by atoms with Gasteiger partial charge in [0, 0.05) is 5.56 Å². The molecule has 2 atom stereocenters. The zero-order chi connectivity index (χ0) is 10.9. The van der Waals surface area contributed by atoms with Crippen molar-refractivity contribution >= 4 is 18.0 Å². The number of hydrogen-bond acceptors (Lipinski definition) is 4. The molecule has 1 aromatic rings. The van der Waals surface area contributed by atoms with Crippen LogP contribution in [0.5, 0.6) is 0 Å². The Labute approximate surface area is 90.5 Å². The van der Waals surface area contributed by atoms with Crippen LogP contribution in [0, 0.1) is 0 Å². The van der Waals surface area contributed by atoms with Crippen molar-refractivity contribution in [3.05, 3.63) is 41.0 Å². The minimum absolute atomic E-state index is 0.276. The number of cyclic esters (lactones) is 2. The molecule has 2 unspecified atom stereocenters. The van der Waals surface area contributed by atoms with Crippen molar-refractivity contribution in [1.29, 1.82) is 0 Å². The number of ether oxygens (including phenoxy) is 2. The lowest BCUT2D eigenvalue weighted by molar-refractivity contribution is -0.145. The van der Waals surface area contributed by atoms with Crippen LogP contribution >= 0.6 is 0 Å². The fraction of sp³-hybridized carbons (Fsp3) is 0.167. The summed E-state index contributed by atoms with van der Waals surface area (Å²) >= 11 is 0. The Kier molecular flexibility index (Phi) is 1.16. The Bertz CT molecular complexity index is 587. The van der Waals surface area contributed by atoms with Crippen LogP contribution in [0.25, 0.3) is 6.08 Å². The fourth-order valence-corrected chi connectivity index (χ4v) is 2.51. The first-order valence-electron chi connectivity index (χ1n) is 4.99. The number of hydrogen-bond donors (Lipinski definition) is 0. The Balaban J connectivity index is 2.13. The quantitative estimate of drug-likeness (QED) is 0.367. The smallest absolute Gasteiger partial charge is 0.354 e. The lowest BCUT2D eigenvalue weighted by Gasteiger charge is -2.23. The average Bonchev–Trinajstić information content (AvgIpc) is 3.02. The van der Waals surface area contributed by atoms with E-state index in [1.807, 2.05) is 18.2 Å². The standard InChI is InChI=1S/C12H6O4/c13-10-7-3-1-2-6-4-5-8-12(16-8,9(6)7)11(14)15-10/h1-5,8H. The van der Waals surface area contributed by atoms with Gasteiger partial charge < -0.3 is 9.47 Å². The van der Waals surface area contributed by atoms with Crippen LogP contribution in [0.3, 0.4) is 0 Å². The molecule has 0 aromatic heterocycles. The van der Waals surface area contributed by atoms with E-state index in [9.17, 15) is 9.59 Å². The molecule has 4 heteroatoms. The summed E-state index contributed by atoms with van der Waals surface area (Å²) in [6.45, 7) is 0. The molecule has 1 fully saturated rings. The predicted octanol–water partition coefficient (Wildman–Crippen LogP) is 1.00. The molecule has 3 aliphatic rings. The third-order valence-corrected chi connectivity index (χ3v) is 3.28. The maximum absolute atomic E-state index is 11.7. The van der Waals surface area contributed by atoms with E-state index < -0.39 is 17.5 Å². The first kappa shape index (κ1) is 8.24. The highest BCUT2D eigenvalue weighted by molar-refractivity contribution is 6.08. The summed E-state index contributed by atoms with van der Waals surface area (Å²) < 4.78 is 10.1. The van der Waals surface area contributed by atoms with E-state index >= 15 is 0 Å². The molecular formula is C12H6O4. The summed E-state index contributed by atoms with van der Waals surface area (Å²) in [4.78, 5) is 23.3. The van der Waals surface area contributed by atoms with Crippen LogP contribution in [0.1, 0.15) is 21.5 Å². The Morgan fingerprint density at radius 2 is 2.12 bits per heavy atom. The summed E-state index contributed by atoms with van der Waals surface area (Å²) in [5.41, 5.74) is 0.929. The molecule has 0 amide bonds. The van der Waals surface area contributed by atoms with Crippen LogP contribution in [0.2, 0.25) is 0 Å². The van der Waals surface area contributed by atoms with Crippen LogP contribution in [-0.4, -0.2) is 18.0 Å². The molecule has 4 nitrogen and oxygen atoms in total. The van der Waals surface area contributed by atoms with Crippen LogP contribution in [0.4, 0.5) is 0 Å². The largest absolute Gasteiger partial charge is 0.387 e. The van der Waals surface area contributed by atoms with Gasteiger partial charge in [-0.15, -0.1) is 0 Å². The maximum Gasteiger partial charge on any atom is 0.354 e. The third-order valence-electron chi connectivity index (χ3n) is 3.28. The summed E-state index contributed by atoms with van der Waals surface area (Å²) in [6, 6.07) is 5.29. The van der Waals surface area contributed by atoms with Gasteiger partial charge in [0.15, 0.2) is 0 Å². The van der Waals surface area contributed by atoms with Gasteiger partial charge in [0.2, 0.25) is 5.60 Å². The first-order valence-corrected chi connectivity index (χ1v) is 4.99. The molecule has 4 rings (SSSR count). The Morgan fingerprint density at radius 1 is 1.25 bits per heavy atom. The second-order valence-corrected chi connectivity index (χ2v) is 4.08. The molecule has 1 aromatic carbocycles.